The van der Waals surface area contributed by atoms with Crippen LogP contribution in [0.25, 0.3) is 0 Å². The molecule has 0 atom stereocenters. The maximum atomic E-state index is 8.36. The maximum Gasteiger partial charge on any atom is 1.00 e. The molecule has 0 saturated carbocycles. The third-order valence-electron chi connectivity index (χ3n) is 1.22. The molecule has 0 aliphatic carbocycles. The first kappa shape index (κ1) is 21.4. The van der Waals surface area contributed by atoms with E-state index in [4.69, 9.17) is 24.4 Å². The SMILES string of the molecule is OCCOCCOCCOCCO.[I-].[Li+]. The molecular formula is C8H18ILiO5. The molecule has 0 unspecified atom stereocenters. The molecule has 0 radical (unpaired) electrons. The monoisotopic (exact) mass is 328 g/mol. The first-order valence-corrected chi connectivity index (χ1v) is 4.36. The van der Waals surface area contributed by atoms with Crippen molar-refractivity contribution in [2.24, 2.45) is 0 Å². The van der Waals surface area contributed by atoms with Crippen molar-refractivity contribution in [3.05, 3.63) is 0 Å². The molecule has 0 rings (SSSR count). The van der Waals surface area contributed by atoms with Crippen molar-refractivity contribution in [1.29, 1.82) is 0 Å². The van der Waals surface area contributed by atoms with Crippen molar-refractivity contribution in [2.45, 2.75) is 0 Å². The maximum absolute atomic E-state index is 8.36. The van der Waals surface area contributed by atoms with Gasteiger partial charge in [0, 0.05) is 0 Å². The molecule has 0 heterocycles. The summed E-state index contributed by atoms with van der Waals surface area (Å²) < 4.78 is 15.0. The Labute approximate surface area is 120 Å². The van der Waals surface area contributed by atoms with E-state index in [1.165, 1.54) is 0 Å². The van der Waals surface area contributed by atoms with Crippen molar-refractivity contribution in [2.75, 3.05) is 52.9 Å². The van der Waals surface area contributed by atoms with Gasteiger partial charge < -0.3 is 48.4 Å². The molecule has 2 N–H and O–H groups in total. The summed E-state index contributed by atoms with van der Waals surface area (Å²) in [4.78, 5) is 0. The van der Waals surface area contributed by atoms with Crippen LogP contribution in [-0.4, -0.2) is 63.1 Å². The van der Waals surface area contributed by atoms with Gasteiger partial charge in [-0.15, -0.1) is 0 Å². The molecule has 88 valence electrons. The standard InChI is InChI=1S/C8H18O5.HI.Li/c9-1-3-11-5-7-13-8-6-12-4-2-10;;/h9-10H,1-8H2;1H;/q;;+1/p-1. The summed E-state index contributed by atoms with van der Waals surface area (Å²) in [5.41, 5.74) is 0. The molecule has 0 aliphatic rings. The minimum Gasteiger partial charge on any atom is -1.00 e. The second kappa shape index (κ2) is 20.5. The van der Waals surface area contributed by atoms with Crippen LogP contribution in [0.2, 0.25) is 0 Å². The zero-order valence-electron chi connectivity index (χ0n) is 9.15. The molecular weight excluding hydrogens is 310 g/mol. The Balaban J connectivity index is -0.000000720. The van der Waals surface area contributed by atoms with Gasteiger partial charge in [-0.1, -0.05) is 0 Å². The topological polar surface area (TPSA) is 68.2 Å². The summed E-state index contributed by atoms with van der Waals surface area (Å²) in [5.74, 6) is 0. The average molecular weight is 328 g/mol. The normalized spacial score (nSPS) is 9.20. The van der Waals surface area contributed by atoms with Crippen molar-refractivity contribution in [3.8, 4) is 0 Å². The summed E-state index contributed by atoms with van der Waals surface area (Å²) in [6.07, 6.45) is 0. The zero-order chi connectivity index (χ0) is 9.78. The molecule has 0 fully saturated rings. The van der Waals surface area contributed by atoms with E-state index >= 15 is 0 Å². The van der Waals surface area contributed by atoms with E-state index in [0.29, 0.717) is 39.6 Å². The van der Waals surface area contributed by atoms with Crippen LogP contribution in [0.3, 0.4) is 0 Å². The third-order valence-corrected chi connectivity index (χ3v) is 1.22. The Morgan fingerprint density at radius 1 is 0.600 bits per heavy atom. The van der Waals surface area contributed by atoms with Gasteiger partial charge in [0.15, 0.2) is 0 Å². The average Bonchev–Trinajstić information content (AvgIpc) is 2.16. The predicted octanol–water partition coefficient (Wildman–Crippen LogP) is -6.97. The molecule has 15 heavy (non-hydrogen) atoms. The van der Waals surface area contributed by atoms with Gasteiger partial charge in [0.05, 0.1) is 52.9 Å². The van der Waals surface area contributed by atoms with Crippen molar-refractivity contribution < 1.29 is 67.3 Å². The van der Waals surface area contributed by atoms with Gasteiger partial charge >= 0.3 is 18.9 Å². The molecule has 0 aliphatic heterocycles. The Morgan fingerprint density at radius 2 is 0.867 bits per heavy atom. The summed E-state index contributed by atoms with van der Waals surface area (Å²) in [6.45, 7) is 2.76. The van der Waals surface area contributed by atoms with Gasteiger partial charge in [-0.2, -0.15) is 0 Å². The number of rotatable bonds is 10. The van der Waals surface area contributed by atoms with Crippen LogP contribution in [0.1, 0.15) is 0 Å². The van der Waals surface area contributed by atoms with Crippen molar-refractivity contribution >= 4 is 0 Å². The van der Waals surface area contributed by atoms with Crippen LogP contribution in [0.5, 0.6) is 0 Å². The first-order chi connectivity index (χ1) is 6.41. The van der Waals surface area contributed by atoms with Crippen LogP contribution in [0, 0.1) is 0 Å². The minimum absolute atomic E-state index is 0. The minimum atomic E-state index is 0. The van der Waals surface area contributed by atoms with Gasteiger partial charge in [-0.3, -0.25) is 0 Å². The number of hydrogen-bond acceptors (Lipinski definition) is 5. The Bertz CT molecular complexity index is 89.1. The van der Waals surface area contributed by atoms with Gasteiger partial charge in [0.1, 0.15) is 0 Å². The zero-order valence-corrected chi connectivity index (χ0v) is 11.3. The molecule has 5 nitrogen and oxygen atoms in total. The molecule has 0 spiro atoms. The molecule has 0 aromatic rings. The van der Waals surface area contributed by atoms with E-state index < -0.39 is 0 Å². The summed E-state index contributed by atoms with van der Waals surface area (Å²) in [7, 11) is 0. The van der Waals surface area contributed by atoms with E-state index in [2.05, 4.69) is 0 Å². The molecule has 0 saturated heterocycles. The number of aliphatic hydroxyl groups excluding tert-OH is 2. The molecule has 0 aromatic heterocycles. The molecule has 0 bridgehead atoms. The smallest absolute Gasteiger partial charge is 1.00 e. The largest absolute Gasteiger partial charge is 1.00 e. The van der Waals surface area contributed by atoms with Crippen LogP contribution in [0.15, 0.2) is 0 Å². The second-order valence-electron chi connectivity index (χ2n) is 2.28. The van der Waals surface area contributed by atoms with E-state index in [-0.39, 0.29) is 56.1 Å². The van der Waals surface area contributed by atoms with Crippen LogP contribution < -0.4 is 42.8 Å². The number of aliphatic hydroxyl groups is 2. The van der Waals surface area contributed by atoms with Gasteiger partial charge in [0.2, 0.25) is 0 Å². The van der Waals surface area contributed by atoms with Crippen LogP contribution >= 0.6 is 0 Å². The predicted molar refractivity (Wildman–Crippen MR) is 46.6 cm³/mol. The van der Waals surface area contributed by atoms with Gasteiger partial charge in [-0.05, 0) is 0 Å². The third kappa shape index (κ3) is 21.1. The van der Waals surface area contributed by atoms with E-state index in [9.17, 15) is 0 Å². The second-order valence-corrected chi connectivity index (χ2v) is 2.28. The Hall–Kier alpha value is 1.13. The van der Waals surface area contributed by atoms with Crippen LogP contribution in [-0.2, 0) is 14.2 Å². The quantitative estimate of drug-likeness (QED) is 0.237. The Morgan fingerprint density at radius 3 is 1.13 bits per heavy atom. The summed E-state index contributed by atoms with van der Waals surface area (Å²) >= 11 is 0. The number of halogens is 1. The van der Waals surface area contributed by atoms with E-state index in [1.54, 1.807) is 0 Å². The molecule has 0 aromatic carbocycles. The van der Waals surface area contributed by atoms with E-state index in [1.807, 2.05) is 0 Å². The Kier molecular flexibility index (Phi) is 29.3. The van der Waals surface area contributed by atoms with Crippen molar-refractivity contribution in [1.82, 2.24) is 0 Å². The molecule has 0 amide bonds. The number of ether oxygens (including phenoxy) is 3. The fourth-order valence-electron chi connectivity index (χ4n) is 0.671. The number of hydrogen-bond donors (Lipinski definition) is 2. The van der Waals surface area contributed by atoms with Gasteiger partial charge in [0.25, 0.3) is 0 Å². The fourth-order valence-corrected chi connectivity index (χ4v) is 0.671. The van der Waals surface area contributed by atoms with Crippen LogP contribution in [0.4, 0.5) is 0 Å². The van der Waals surface area contributed by atoms with E-state index in [0.717, 1.165) is 0 Å². The summed E-state index contributed by atoms with van der Waals surface area (Å²) in [6, 6.07) is 0. The summed E-state index contributed by atoms with van der Waals surface area (Å²) in [5, 5.41) is 16.7. The fraction of sp³-hybridized carbons (Fsp3) is 1.00. The van der Waals surface area contributed by atoms with Crippen molar-refractivity contribution in [3.63, 3.8) is 0 Å². The van der Waals surface area contributed by atoms with Gasteiger partial charge in [-0.25, -0.2) is 0 Å². The first-order valence-electron chi connectivity index (χ1n) is 4.36. The molecule has 7 heteroatoms.